The van der Waals surface area contributed by atoms with Crippen molar-refractivity contribution in [3.8, 4) is 0 Å². The third kappa shape index (κ3) is 3.89. The highest BCUT2D eigenvalue weighted by Gasteiger charge is 2.54. The lowest BCUT2D eigenvalue weighted by atomic mass is 10.0. The molecule has 2 amide bonds. The number of β-lactam (4-membered cyclic amide) rings is 1. The van der Waals surface area contributed by atoms with Crippen molar-refractivity contribution in [3.63, 3.8) is 0 Å². The molecular formula is C15H17N7O6S2. The van der Waals surface area contributed by atoms with Gasteiger partial charge in [0.2, 0.25) is 10.9 Å². The van der Waals surface area contributed by atoms with Crippen molar-refractivity contribution < 1.29 is 24.6 Å². The molecule has 0 unspecified atom stereocenters. The number of amides is 2. The number of carbonyl (C=O) groups excluding carboxylic acids is 2. The molecule has 2 aliphatic rings. The minimum Gasteiger partial charge on any atom is -0.510 e. The van der Waals surface area contributed by atoms with Crippen LogP contribution in [0.2, 0.25) is 0 Å². The monoisotopic (exact) mass is 455 g/mol. The highest BCUT2D eigenvalue weighted by Crippen LogP contribution is 2.41. The first-order chi connectivity index (χ1) is 14.3. The van der Waals surface area contributed by atoms with E-state index in [1.165, 1.54) is 35.1 Å². The molecule has 1 fully saturated rings. The molecule has 13 nitrogen and oxygen atoms in total. The molecule has 2 aliphatic heterocycles. The molecule has 30 heavy (non-hydrogen) atoms. The van der Waals surface area contributed by atoms with Gasteiger partial charge in [-0.3, -0.25) is 14.5 Å². The van der Waals surface area contributed by atoms with Gasteiger partial charge >= 0.3 is 5.97 Å². The number of fused-ring (bicyclic) bond motifs is 1. The first-order valence-electron chi connectivity index (χ1n) is 8.61. The highest BCUT2D eigenvalue weighted by molar-refractivity contribution is 8.01. The molecule has 3 rings (SSSR count). The number of nitroso groups, excluding NO2 is 1. The minimum absolute atomic E-state index is 0.0192. The topological polar surface area (TPSA) is 180 Å². The van der Waals surface area contributed by atoms with Crippen LogP contribution in [0.15, 0.2) is 33.1 Å². The number of carboxylic acid groups (broad SMARTS) is 1. The number of hydrogen-bond donors (Lipinski definition) is 3. The number of aliphatic hydroxyl groups is 1. The van der Waals surface area contributed by atoms with Crippen molar-refractivity contribution in [2.24, 2.45) is 12.2 Å². The van der Waals surface area contributed by atoms with E-state index in [0.717, 1.165) is 4.90 Å². The third-order valence-corrected chi connectivity index (χ3v) is 6.84. The Bertz CT molecular complexity index is 974. The first-order valence-corrected chi connectivity index (χ1v) is 10.6. The molecule has 0 bridgehead atoms. The molecule has 1 saturated heterocycles. The molecule has 1 aromatic heterocycles. The van der Waals surface area contributed by atoms with Crippen LogP contribution in [0.3, 0.4) is 0 Å². The van der Waals surface area contributed by atoms with Crippen LogP contribution in [0.5, 0.6) is 0 Å². The van der Waals surface area contributed by atoms with Crippen LogP contribution < -0.4 is 5.32 Å². The fraction of sp³-hybridized carbons (Fsp3) is 0.467. The van der Waals surface area contributed by atoms with Crippen molar-refractivity contribution in [2.45, 2.75) is 29.9 Å². The van der Waals surface area contributed by atoms with Crippen LogP contribution in [0.25, 0.3) is 0 Å². The predicted octanol–water partition coefficient (Wildman–Crippen LogP) is -0.0132. The number of aryl methyl sites for hydroxylation is 1. The van der Waals surface area contributed by atoms with E-state index in [1.54, 1.807) is 7.05 Å². The summed E-state index contributed by atoms with van der Waals surface area (Å²) >= 11 is 2.52. The summed E-state index contributed by atoms with van der Waals surface area (Å²) in [4.78, 5) is 48.6. The van der Waals surface area contributed by atoms with Gasteiger partial charge in [0.1, 0.15) is 22.9 Å². The zero-order valence-electron chi connectivity index (χ0n) is 15.8. The number of thioether (sulfide) groups is 2. The molecule has 1 aromatic rings. The van der Waals surface area contributed by atoms with E-state index in [9.17, 15) is 29.5 Å². The Morgan fingerprint density at radius 2 is 2.13 bits per heavy atom. The molecule has 2 atom stereocenters. The summed E-state index contributed by atoms with van der Waals surface area (Å²) < 4.78 is 1.45. The highest BCUT2D eigenvalue weighted by atomic mass is 32.2. The standard InChI is InChI=1S/C15H17N7O6S2/c1-3-7(23)8(18-28)11(24)16-9-12(25)22-10(14(26)27)6(4-29-13(9)22)5-30-15-17-19-20-21(15)2/h9,13,23H,3-5H2,1-2H3,(H,16,24)(H,26,27)/t9-,13+/m1/s1. The van der Waals surface area contributed by atoms with Gasteiger partial charge in [0.25, 0.3) is 11.8 Å². The second-order valence-corrected chi connectivity index (χ2v) is 8.28. The number of aliphatic carboxylic acids is 1. The quantitative estimate of drug-likeness (QED) is 0.158. The van der Waals surface area contributed by atoms with E-state index in [-0.39, 0.29) is 17.9 Å². The number of rotatable bonds is 8. The molecule has 160 valence electrons. The zero-order chi connectivity index (χ0) is 22.0. The largest absolute Gasteiger partial charge is 0.510 e. The Morgan fingerprint density at radius 1 is 1.40 bits per heavy atom. The smallest absolute Gasteiger partial charge is 0.352 e. The van der Waals surface area contributed by atoms with Crippen LogP contribution in [0, 0.1) is 4.91 Å². The maximum Gasteiger partial charge on any atom is 0.352 e. The van der Waals surface area contributed by atoms with Crippen LogP contribution in [-0.4, -0.2) is 76.0 Å². The lowest BCUT2D eigenvalue weighted by Crippen LogP contribution is -2.70. The van der Waals surface area contributed by atoms with E-state index in [4.69, 9.17) is 0 Å². The molecule has 15 heteroatoms. The van der Waals surface area contributed by atoms with Crippen LogP contribution in [0.1, 0.15) is 13.3 Å². The fourth-order valence-corrected chi connectivity index (χ4v) is 5.23. The molecular weight excluding hydrogens is 438 g/mol. The lowest BCUT2D eigenvalue weighted by molar-refractivity contribution is -0.150. The van der Waals surface area contributed by atoms with Gasteiger partial charge in [-0.15, -0.1) is 21.8 Å². The number of aromatic nitrogens is 4. The fourth-order valence-electron chi connectivity index (χ4n) is 2.89. The Balaban J connectivity index is 1.76. The maximum atomic E-state index is 12.6. The number of tetrazole rings is 1. The van der Waals surface area contributed by atoms with E-state index >= 15 is 0 Å². The van der Waals surface area contributed by atoms with Gasteiger partial charge in [-0.05, 0) is 21.2 Å². The minimum atomic E-state index is -1.26. The number of carboxylic acids is 1. The van der Waals surface area contributed by atoms with Crippen molar-refractivity contribution in [2.75, 3.05) is 11.5 Å². The van der Waals surface area contributed by atoms with Crippen LogP contribution in [0.4, 0.5) is 0 Å². The lowest BCUT2D eigenvalue weighted by Gasteiger charge is -2.49. The SMILES string of the molecule is CCC(O)=C(N=O)C(=O)N[C@@H]1C(=O)N2C(C(=O)O)=C(CSc3nnnn3C)CS[C@@H]12. The summed E-state index contributed by atoms with van der Waals surface area (Å²) in [6, 6.07) is -1.03. The number of aliphatic hydroxyl groups excluding tert-OH is 1. The second-order valence-electron chi connectivity index (χ2n) is 6.23. The summed E-state index contributed by atoms with van der Waals surface area (Å²) in [5.41, 5.74) is -0.320. The molecule has 0 radical (unpaired) electrons. The normalized spacial score (nSPS) is 21.5. The summed E-state index contributed by atoms with van der Waals surface area (Å²) in [5, 5.41) is 35.0. The van der Waals surface area contributed by atoms with Gasteiger partial charge in [-0.1, -0.05) is 18.7 Å². The van der Waals surface area contributed by atoms with Crippen molar-refractivity contribution in [3.05, 3.63) is 27.6 Å². The average molecular weight is 455 g/mol. The number of nitrogens with one attached hydrogen (secondary N) is 1. The average Bonchev–Trinajstić information content (AvgIpc) is 3.14. The van der Waals surface area contributed by atoms with Crippen molar-refractivity contribution in [1.29, 1.82) is 0 Å². The molecule has 3 heterocycles. The summed E-state index contributed by atoms with van der Waals surface area (Å²) in [6.07, 6.45) is 0.0192. The zero-order valence-corrected chi connectivity index (χ0v) is 17.4. The van der Waals surface area contributed by atoms with Crippen molar-refractivity contribution >= 4 is 41.3 Å². The van der Waals surface area contributed by atoms with E-state index in [0.29, 0.717) is 16.5 Å². The molecule has 0 spiro atoms. The Morgan fingerprint density at radius 3 is 2.70 bits per heavy atom. The predicted molar refractivity (Wildman–Crippen MR) is 105 cm³/mol. The Hall–Kier alpha value is -2.94. The van der Waals surface area contributed by atoms with Gasteiger partial charge in [0.05, 0.1) is 0 Å². The van der Waals surface area contributed by atoms with Gasteiger partial charge in [0, 0.05) is 25.0 Å². The second kappa shape index (κ2) is 8.83. The van der Waals surface area contributed by atoms with Gasteiger partial charge in [-0.25, -0.2) is 9.48 Å². The number of nitrogens with zero attached hydrogens (tertiary/aromatic N) is 6. The van der Waals surface area contributed by atoms with Crippen molar-refractivity contribution in [1.82, 2.24) is 30.4 Å². The van der Waals surface area contributed by atoms with Crippen LogP contribution >= 0.6 is 23.5 Å². The Kier molecular flexibility index (Phi) is 6.40. The maximum absolute atomic E-state index is 12.6. The first kappa shape index (κ1) is 21.8. The summed E-state index contributed by atoms with van der Waals surface area (Å²) in [6.45, 7) is 1.53. The Labute approximate surface area is 177 Å². The van der Waals surface area contributed by atoms with E-state index < -0.39 is 40.7 Å². The number of carbonyl (C=O) groups is 3. The summed E-state index contributed by atoms with van der Waals surface area (Å²) in [5.74, 6) is -2.78. The van der Waals surface area contributed by atoms with Crippen LogP contribution in [-0.2, 0) is 21.4 Å². The van der Waals surface area contributed by atoms with Gasteiger partial charge < -0.3 is 15.5 Å². The summed E-state index contributed by atoms with van der Waals surface area (Å²) in [7, 11) is 1.65. The third-order valence-electron chi connectivity index (χ3n) is 4.41. The molecule has 0 saturated carbocycles. The van der Waals surface area contributed by atoms with E-state index in [1.807, 2.05) is 0 Å². The molecule has 0 aromatic carbocycles. The van der Waals surface area contributed by atoms with Gasteiger partial charge in [0.15, 0.2) is 0 Å². The number of hydrogen-bond acceptors (Lipinski definition) is 11. The number of allylic oxidation sites excluding steroid dienone is 1. The molecule has 3 N–H and O–H groups in total. The van der Waals surface area contributed by atoms with Gasteiger partial charge in [-0.2, -0.15) is 0 Å². The molecule has 0 aliphatic carbocycles. The van der Waals surface area contributed by atoms with E-state index in [2.05, 4.69) is 26.0 Å².